The van der Waals surface area contributed by atoms with Crippen LogP contribution in [-0.2, 0) is 0 Å². The Morgan fingerprint density at radius 2 is 1.61 bits per heavy atom. The Morgan fingerprint density at radius 3 is 2.22 bits per heavy atom. The molecule has 0 fully saturated rings. The van der Waals surface area contributed by atoms with Gasteiger partial charge in [-0.3, -0.25) is 4.57 Å². The van der Waals surface area contributed by atoms with E-state index >= 15 is 0 Å². The lowest BCUT2D eigenvalue weighted by Crippen LogP contribution is -2.08. The number of aromatic nitrogens is 3. The Balaban J connectivity index is 2.32. The van der Waals surface area contributed by atoms with E-state index in [1.165, 1.54) is 16.8 Å². The highest BCUT2D eigenvalue weighted by Gasteiger charge is 2.20. The summed E-state index contributed by atoms with van der Waals surface area (Å²) in [5.41, 5.74) is 4.68. The van der Waals surface area contributed by atoms with Crippen LogP contribution in [-0.4, -0.2) is 14.8 Å². The van der Waals surface area contributed by atoms with Gasteiger partial charge in [-0.05, 0) is 37.1 Å². The van der Waals surface area contributed by atoms with Crippen molar-refractivity contribution < 1.29 is 0 Å². The molecular formula is C19H20BrN3. The summed E-state index contributed by atoms with van der Waals surface area (Å²) in [5, 5.41) is 8.98. The molecule has 0 saturated carbocycles. The summed E-state index contributed by atoms with van der Waals surface area (Å²) in [6, 6.07) is 14.6. The molecule has 4 heteroatoms. The monoisotopic (exact) mass is 369 g/mol. The highest BCUT2D eigenvalue weighted by Crippen LogP contribution is 2.30. The molecule has 0 amide bonds. The van der Waals surface area contributed by atoms with Crippen molar-refractivity contribution >= 4 is 15.9 Å². The summed E-state index contributed by atoms with van der Waals surface area (Å²) in [4.78, 5) is 0. The maximum Gasteiger partial charge on any atom is 0.168 e. The molecule has 0 spiro atoms. The molecule has 3 rings (SSSR count). The Labute approximate surface area is 145 Å². The van der Waals surface area contributed by atoms with Crippen LogP contribution in [0, 0.1) is 13.8 Å². The van der Waals surface area contributed by atoms with Crippen LogP contribution in [0.1, 0.15) is 36.7 Å². The van der Waals surface area contributed by atoms with Crippen molar-refractivity contribution in [2.45, 2.75) is 33.6 Å². The zero-order valence-electron chi connectivity index (χ0n) is 13.8. The molecular weight excluding hydrogens is 350 g/mol. The van der Waals surface area contributed by atoms with Gasteiger partial charge < -0.3 is 0 Å². The van der Waals surface area contributed by atoms with Gasteiger partial charge in [0.05, 0.1) is 5.69 Å². The summed E-state index contributed by atoms with van der Waals surface area (Å²) in [7, 11) is 0. The van der Waals surface area contributed by atoms with Gasteiger partial charge in [0.2, 0.25) is 0 Å². The van der Waals surface area contributed by atoms with Gasteiger partial charge in [0, 0.05) is 16.0 Å². The minimum atomic E-state index is 0.294. The van der Waals surface area contributed by atoms with E-state index in [4.69, 9.17) is 0 Å². The first-order valence-corrected chi connectivity index (χ1v) is 8.56. The molecule has 3 nitrogen and oxygen atoms in total. The summed E-state index contributed by atoms with van der Waals surface area (Å²) >= 11 is 3.55. The van der Waals surface area contributed by atoms with Crippen LogP contribution in [0.5, 0.6) is 0 Å². The third-order valence-corrected chi connectivity index (χ3v) is 4.44. The van der Waals surface area contributed by atoms with E-state index in [0.717, 1.165) is 21.7 Å². The van der Waals surface area contributed by atoms with Gasteiger partial charge in [-0.1, -0.05) is 60.1 Å². The predicted octanol–water partition coefficient (Wildman–Crippen LogP) is 5.44. The van der Waals surface area contributed by atoms with Crippen LogP contribution in [0.4, 0.5) is 0 Å². The van der Waals surface area contributed by atoms with Crippen molar-refractivity contribution in [3.8, 4) is 17.1 Å². The number of hydrogen-bond donors (Lipinski definition) is 0. The van der Waals surface area contributed by atoms with Crippen molar-refractivity contribution in [3.63, 3.8) is 0 Å². The lowest BCUT2D eigenvalue weighted by Gasteiger charge is -2.17. The molecule has 0 saturated heterocycles. The fraction of sp³-hybridized carbons (Fsp3) is 0.263. The molecule has 0 aliphatic heterocycles. The van der Waals surface area contributed by atoms with Crippen molar-refractivity contribution in [1.82, 2.24) is 14.8 Å². The fourth-order valence-corrected chi connectivity index (χ4v) is 3.26. The average Bonchev–Trinajstić information content (AvgIpc) is 2.92. The van der Waals surface area contributed by atoms with Crippen LogP contribution < -0.4 is 0 Å². The summed E-state index contributed by atoms with van der Waals surface area (Å²) in [5.74, 6) is 2.16. The standard InChI is InChI=1S/C19H20BrN3/c1-12(2)18-21-22-19(15-9-6-10-16(20)11-15)23(18)17-13(3)7-5-8-14(17)4/h5-12H,1-4H3. The van der Waals surface area contributed by atoms with E-state index in [1.54, 1.807) is 0 Å². The second kappa shape index (κ2) is 6.28. The smallest absolute Gasteiger partial charge is 0.168 e. The Kier molecular flexibility index (Phi) is 4.35. The Bertz CT molecular complexity index is 829. The van der Waals surface area contributed by atoms with E-state index in [9.17, 15) is 0 Å². The van der Waals surface area contributed by atoms with Gasteiger partial charge in [0.25, 0.3) is 0 Å². The van der Waals surface area contributed by atoms with Crippen LogP contribution in [0.15, 0.2) is 46.9 Å². The minimum absolute atomic E-state index is 0.294. The Morgan fingerprint density at radius 1 is 0.957 bits per heavy atom. The van der Waals surface area contributed by atoms with E-state index in [2.05, 4.69) is 88.7 Å². The first kappa shape index (κ1) is 15.9. The topological polar surface area (TPSA) is 30.7 Å². The number of benzene rings is 2. The minimum Gasteiger partial charge on any atom is -0.278 e. The molecule has 1 heterocycles. The van der Waals surface area contributed by atoms with Crippen LogP contribution in [0.2, 0.25) is 0 Å². The maximum absolute atomic E-state index is 4.50. The van der Waals surface area contributed by atoms with Gasteiger partial charge >= 0.3 is 0 Å². The number of rotatable bonds is 3. The lowest BCUT2D eigenvalue weighted by atomic mass is 10.1. The molecule has 0 unspecified atom stereocenters. The third-order valence-electron chi connectivity index (χ3n) is 3.95. The van der Waals surface area contributed by atoms with Crippen molar-refractivity contribution in [1.29, 1.82) is 0 Å². The SMILES string of the molecule is Cc1cccc(C)c1-n1c(-c2cccc(Br)c2)nnc1C(C)C. The van der Waals surface area contributed by atoms with Crippen LogP contribution in [0.25, 0.3) is 17.1 Å². The quantitative estimate of drug-likeness (QED) is 0.615. The summed E-state index contributed by atoms with van der Waals surface area (Å²) < 4.78 is 3.24. The largest absolute Gasteiger partial charge is 0.278 e. The van der Waals surface area contributed by atoms with E-state index in [-0.39, 0.29) is 0 Å². The lowest BCUT2D eigenvalue weighted by molar-refractivity contribution is 0.743. The van der Waals surface area contributed by atoms with Gasteiger partial charge in [0.1, 0.15) is 5.82 Å². The average molecular weight is 370 g/mol. The van der Waals surface area contributed by atoms with Gasteiger partial charge in [-0.15, -0.1) is 10.2 Å². The van der Waals surface area contributed by atoms with E-state index in [0.29, 0.717) is 5.92 Å². The molecule has 0 aliphatic carbocycles. The van der Waals surface area contributed by atoms with E-state index < -0.39 is 0 Å². The maximum atomic E-state index is 4.50. The molecule has 1 aromatic heterocycles. The van der Waals surface area contributed by atoms with E-state index in [1.807, 2.05) is 12.1 Å². The molecule has 3 aromatic rings. The molecule has 0 radical (unpaired) electrons. The van der Waals surface area contributed by atoms with Gasteiger partial charge in [-0.25, -0.2) is 0 Å². The first-order chi connectivity index (χ1) is 11.0. The van der Waals surface area contributed by atoms with Crippen LogP contribution >= 0.6 is 15.9 Å². The molecule has 23 heavy (non-hydrogen) atoms. The molecule has 2 aromatic carbocycles. The molecule has 0 N–H and O–H groups in total. The third kappa shape index (κ3) is 2.95. The zero-order valence-corrected chi connectivity index (χ0v) is 15.4. The summed E-state index contributed by atoms with van der Waals surface area (Å²) in [6.07, 6.45) is 0. The summed E-state index contributed by atoms with van der Waals surface area (Å²) in [6.45, 7) is 8.58. The number of hydrogen-bond acceptors (Lipinski definition) is 2. The van der Waals surface area contributed by atoms with Crippen molar-refractivity contribution in [3.05, 3.63) is 63.9 Å². The fourth-order valence-electron chi connectivity index (χ4n) is 2.86. The molecule has 0 atom stereocenters. The Hall–Kier alpha value is -1.94. The van der Waals surface area contributed by atoms with Crippen molar-refractivity contribution in [2.75, 3.05) is 0 Å². The first-order valence-electron chi connectivity index (χ1n) is 7.77. The van der Waals surface area contributed by atoms with Gasteiger partial charge in [-0.2, -0.15) is 0 Å². The van der Waals surface area contributed by atoms with Crippen molar-refractivity contribution in [2.24, 2.45) is 0 Å². The highest BCUT2D eigenvalue weighted by atomic mass is 79.9. The predicted molar refractivity (Wildman–Crippen MR) is 98.1 cm³/mol. The number of para-hydroxylation sites is 1. The number of nitrogens with zero attached hydrogens (tertiary/aromatic N) is 3. The second-order valence-electron chi connectivity index (χ2n) is 6.12. The zero-order chi connectivity index (χ0) is 16.6. The number of aryl methyl sites for hydroxylation is 2. The van der Waals surface area contributed by atoms with Crippen LogP contribution in [0.3, 0.4) is 0 Å². The highest BCUT2D eigenvalue weighted by molar-refractivity contribution is 9.10. The van der Waals surface area contributed by atoms with Gasteiger partial charge in [0.15, 0.2) is 5.82 Å². The second-order valence-corrected chi connectivity index (χ2v) is 7.04. The number of halogens is 1. The molecule has 0 bridgehead atoms. The molecule has 0 aliphatic rings. The molecule has 118 valence electrons. The normalized spacial score (nSPS) is 11.2.